The van der Waals surface area contributed by atoms with Crippen LogP contribution in [0.4, 0.5) is 5.82 Å². The number of nitrogens with zero attached hydrogens (tertiary/aromatic N) is 3. The molecule has 0 fully saturated rings. The molecule has 0 saturated heterocycles. The van der Waals surface area contributed by atoms with E-state index >= 15 is 0 Å². The van der Waals surface area contributed by atoms with E-state index in [1.165, 1.54) is 10.7 Å². The summed E-state index contributed by atoms with van der Waals surface area (Å²) < 4.78 is 1.54. The average Bonchev–Trinajstić information content (AvgIpc) is 2.52. The van der Waals surface area contributed by atoms with Crippen LogP contribution in [0.15, 0.2) is 12.3 Å². The SMILES string of the molecule is CC(CN)Cn1ccc([N+](=O)[O-])n1. The summed E-state index contributed by atoms with van der Waals surface area (Å²) in [6.07, 6.45) is 1.59. The largest absolute Gasteiger partial charge is 0.389 e. The van der Waals surface area contributed by atoms with Crippen molar-refractivity contribution in [1.29, 1.82) is 0 Å². The Hall–Kier alpha value is -1.43. The van der Waals surface area contributed by atoms with Crippen LogP contribution >= 0.6 is 0 Å². The van der Waals surface area contributed by atoms with Gasteiger partial charge in [-0.15, -0.1) is 0 Å². The predicted octanol–water partition coefficient (Wildman–Crippen LogP) is 0.386. The first-order valence-electron chi connectivity index (χ1n) is 4.01. The fourth-order valence-electron chi connectivity index (χ4n) is 0.944. The maximum atomic E-state index is 10.3. The summed E-state index contributed by atoms with van der Waals surface area (Å²) in [7, 11) is 0. The molecule has 0 aromatic carbocycles. The van der Waals surface area contributed by atoms with Crippen LogP contribution in [0.25, 0.3) is 0 Å². The normalized spacial score (nSPS) is 12.8. The van der Waals surface area contributed by atoms with E-state index in [1.807, 2.05) is 6.92 Å². The fraction of sp³-hybridized carbons (Fsp3) is 0.571. The molecule has 2 N–H and O–H groups in total. The van der Waals surface area contributed by atoms with Crippen molar-refractivity contribution in [3.05, 3.63) is 22.4 Å². The molecule has 0 aliphatic heterocycles. The predicted molar refractivity (Wildman–Crippen MR) is 47.1 cm³/mol. The van der Waals surface area contributed by atoms with Crippen LogP contribution in [-0.4, -0.2) is 21.2 Å². The van der Waals surface area contributed by atoms with Crippen molar-refractivity contribution in [2.24, 2.45) is 11.7 Å². The second-order valence-corrected chi connectivity index (χ2v) is 2.99. The second-order valence-electron chi connectivity index (χ2n) is 2.99. The van der Waals surface area contributed by atoms with Gasteiger partial charge in [-0.3, -0.25) is 0 Å². The lowest BCUT2D eigenvalue weighted by molar-refractivity contribution is -0.389. The average molecular weight is 184 g/mol. The summed E-state index contributed by atoms with van der Waals surface area (Å²) in [4.78, 5) is 9.76. The van der Waals surface area contributed by atoms with Crippen molar-refractivity contribution in [1.82, 2.24) is 9.78 Å². The molecule has 6 nitrogen and oxygen atoms in total. The Bertz CT molecular complexity index is 296. The molecular formula is C7H12N4O2. The summed E-state index contributed by atoms with van der Waals surface area (Å²) in [5.74, 6) is 0.156. The number of hydrogen-bond donors (Lipinski definition) is 1. The lowest BCUT2D eigenvalue weighted by atomic mass is 10.2. The van der Waals surface area contributed by atoms with Crippen molar-refractivity contribution in [3.8, 4) is 0 Å². The van der Waals surface area contributed by atoms with Gasteiger partial charge in [-0.05, 0) is 17.4 Å². The zero-order valence-electron chi connectivity index (χ0n) is 7.38. The van der Waals surface area contributed by atoms with Crippen LogP contribution in [0, 0.1) is 16.0 Å². The molecule has 0 saturated carbocycles. The van der Waals surface area contributed by atoms with Gasteiger partial charge in [0.1, 0.15) is 0 Å². The Morgan fingerprint density at radius 1 is 1.85 bits per heavy atom. The Morgan fingerprint density at radius 2 is 2.54 bits per heavy atom. The zero-order chi connectivity index (χ0) is 9.84. The maximum Gasteiger partial charge on any atom is 0.389 e. The standard InChI is InChI=1S/C7H12N4O2/c1-6(4-8)5-10-3-2-7(9-10)11(12)13/h2-3,6H,4-5,8H2,1H3. The van der Waals surface area contributed by atoms with Crippen LogP contribution in [0.1, 0.15) is 6.92 Å². The molecule has 13 heavy (non-hydrogen) atoms. The molecule has 72 valence electrons. The van der Waals surface area contributed by atoms with Crippen LogP contribution in [-0.2, 0) is 6.54 Å². The fourth-order valence-corrected chi connectivity index (χ4v) is 0.944. The highest BCUT2D eigenvalue weighted by Gasteiger charge is 2.11. The molecule has 1 aromatic rings. The van der Waals surface area contributed by atoms with Gasteiger partial charge in [0.2, 0.25) is 0 Å². The summed E-state index contributed by atoms with van der Waals surface area (Å²) in [6, 6.07) is 1.38. The van der Waals surface area contributed by atoms with Crippen LogP contribution in [0.3, 0.4) is 0 Å². The summed E-state index contributed by atoms with van der Waals surface area (Å²) >= 11 is 0. The van der Waals surface area contributed by atoms with Crippen molar-refractivity contribution in [2.75, 3.05) is 6.54 Å². The van der Waals surface area contributed by atoms with E-state index in [9.17, 15) is 10.1 Å². The van der Waals surface area contributed by atoms with Gasteiger partial charge >= 0.3 is 5.82 Å². The van der Waals surface area contributed by atoms with Gasteiger partial charge in [0.25, 0.3) is 0 Å². The smallest absolute Gasteiger partial charge is 0.358 e. The minimum atomic E-state index is -0.510. The first-order valence-corrected chi connectivity index (χ1v) is 4.01. The van der Waals surface area contributed by atoms with Gasteiger partial charge < -0.3 is 15.8 Å². The molecule has 1 rings (SSSR count). The first-order chi connectivity index (χ1) is 6.13. The highest BCUT2D eigenvalue weighted by Crippen LogP contribution is 2.06. The minimum Gasteiger partial charge on any atom is -0.358 e. The quantitative estimate of drug-likeness (QED) is 0.541. The van der Waals surface area contributed by atoms with Crippen LogP contribution < -0.4 is 5.73 Å². The van der Waals surface area contributed by atoms with Gasteiger partial charge in [-0.25, -0.2) is 0 Å². The molecule has 0 bridgehead atoms. The third-order valence-electron chi connectivity index (χ3n) is 1.71. The lowest BCUT2D eigenvalue weighted by Gasteiger charge is -2.03. The summed E-state index contributed by atoms with van der Waals surface area (Å²) in [5, 5.41) is 14.0. The Kier molecular flexibility index (Phi) is 2.97. The Morgan fingerprint density at radius 3 is 3.00 bits per heavy atom. The first kappa shape index (κ1) is 9.66. The highest BCUT2D eigenvalue weighted by molar-refractivity contribution is 5.13. The van der Waals surface area contributed by atoms with Crippen LogP contribution in [0.2, 0.25) is 0 Å². The second kappa shape index (κ2) is 3.99. The van der Waals surface area contributed by atoms with Gasteiger partial charge in [0.15, 0.2) is 0 Å². The topological polar surface area (TPSA) is 87.0 Å². The minimum absolute atomic E-state index is 0.121. The van der Waals surface area contributed by atoms with Gasteiger partial charge in [0.05, 0.1) is 23.9 Å². The molecule has 1 atom stereocenters. The molecule has 1 heterocycles. The van der Waals surface area contributed by atoms with Gasteiger partial charge in [-0.2, -0.15) is 4.68 Å². The monoisotopic (exact) mass is 184 g/mol. The molecule has 6 heteroatoms. The van der Waals surface area contributed by atoms with E-state index in [0.29, 0.717) is 13.1 Å². The number of nitrogens with two attached hydrogens (primary N) is 1. The molecule has 1 aromatic heterocycles. The highest BCUT2D eigenvalue weighted by atomic mass is 16.6. The molecule has 0 radical (unpaired) electrons. The molecule has 1 unspecified atom stereocenters. The summed E-state index contributed by atoms with van der Waals surface area (Å²) in [6.45, 7) is 3.13. The number of nitro groups is 1. The summed E-state index contributed by atoms with van der Waals surface area (Å²) in [5.41, 5.74) is 5.41. The van der Waals surface area contributed by atoms with E-state index in [4.69, 9.17) is 5.73 Å². The van der Waals surface area contributed by atoms with Crippen molar-refractivity contribution in [2.45, 2.75) is 13.5 Å². The van der Waals surface area contributed by atoms with Crippen molar-refractivity contribution < 1.29 is 4.92 Å². The number of hydrogen-bond acceptors (Lipinski definition) is 4. The van der Waals surface area contributed by atoms with Gasteiger partial charge in [0, 0.05) is 0 Å². The third kappa shape index (κ3) is 2.51. The molecule has 0 amide bonds. The third-order valence-corrected chi connectivity index (χ3v) is 1.71. The van der Waals surface area contributed by atoms with Crippen LogP contribution in [0.5, 0.6) is 0 Å². The zero-order valence-corrected chi connectivity index (χ0v) is 7.38. The van der Waals surface area contributed by atoms with Crippen molar-refractivity contribution in [3.63, 3.8) is 0 Å². The Balaban J connectivity index is 2.64. The van der Waals surface area contributed by atoms with E-state index in [0.717, 1.165) is 0 Å². The lowest BCUT2D eigenvalue weighted by Crippen LogP contribution is -2.17. The molecule has 0 aliphatic carbocycles. The van der Waals surface area contributed by atoms with E-state index in [1.54, 1.807) is 6.20 Å². The maximum absolute atomic E-state index is 10.3. The van der Waals surface area contributed by atoms with E-state index in [2.05, 4.69) is 5.10 Å². The number of aromatic nitrogens is 2. The molecule has 0 spiro atoms. The van der Waals surface area contributed by atoms with E-state index < -0.39 is 4.92 Å². The van der Waals surface area contributed by atoms with E-state index in [-0.39, 0.29) is 11.7 Å². The molecular weight excluding hydrogens is 172 g/mol. The molecule has 0 aliphatic rings. The number of rotatable bonds is 4. The Labute approximate surface area is 75.5 Å². The van der Waals surface area contributed by atoms with Crippen molar-refractivity contribution >= 4 is 5.82 Å². The van der Waals surface area contributed by atoms with Gasteiger partial charge in [-0.1, -0.05) is 6.92 Å².